The van der Waals surface area contributed by atoms with Gasteiger partial charge in [-0.25, -0.2) is 4.98 Å². The van der Waals surface area contributed by atoms with Gasteiger partial charge in [-0.2, -0.15) is 4.98 Å². The highest BCUT2D eigenvalue weighted by Gasteiger charge is 2.06. The standard InChI is InChI=1S/C12H13BrN4O/c1-7-3-4-9(18-2)8(5-7)15-12-16-10(13)6-11(14)17-12/h3-6H,1-2H3,(H3,14,15,16,17). The van der Waals surface area contributed by atoms with E-state index in [2.05, 4.69) is 31.2 Å². The molecule has 2 aromatic rings. The zero-order valence-electron chi connectivity index (χ0n) is 10.1. The number of nitrogens with zero attached hydrogens (tertiary/aromatic N) is 2. The highest BCUT2D eigenvalue weighted by atomic mass is 79.9. The molecule has 2 rings (SSSR count). The maximum absolute atomic E-state index is 5.66. The lowest BCUT2D eigenvalue weighted by molar-refractivity contribution is 0.416. The SMILES string of the molecule is COc1ccc(C)cc1Nc1nc(N)cc(Br)n1. The van der Waals surface area contributed by atoms with Crippen molar-refractivity contribution in [3.63, 3.8) is 0 Å². The van der Waals surface area contributed by atoms with Crippen molar-refractivity contribution in [2.75, 3.05) is 18.2 Å². The summed E-state index contributed by atoms with van der Waals surface area (Å²) < 4.78 is 5.90. The van der Waals surface area contributed by atoms with Crippen molar-refractivity contribution in [2.24, 2.45) is 0 Å². The van der Waals surface area contributed by atoms with Gasteiger partial charge in [-0.1, -0.05) is 6.07 Å². The first-order chi connectivity index (χ1) is 8.58. The molecular weight excluding hydrogens is 296 g/mol. The van der Waals surface area contributed by atoms with E-state index in [-0.39, 0.29) is 0 Å². The Labute approximate surface area is 114 Å². The van der Waals surface area contributed by atoms with E-state index >= 15 is 0 Å². The molecule has 0 aliphatic heterocycles. The second-order valence-corrected chi connectivity index (χ2v) is 4.58. The molecule has 6 heteroatoms. The Morgan fingerprint density at radius 1 is 1.28 bits per heavy atom. The number of benzene rings is 1. The minimum Gasteiger partial charge on any atom is -0.495 e. The van der Waals surface area contributed by atoms with Gasteiger partial charge >= 0.3 is 0 Å². The molecule has 0 atom stereocenters. The Balaban J connectivity index is 2.35. The Bertz CT molecular complexity index is 554. The van der Waals surface area contributed by atoms with E-state index in [4.69, 9.17) is 10.5 Å². The van der Waals surface area contributed by atoms with Gasteiger partial charge in [-0.3, -0.25) is 0 Å². The fourth-order valence-corrected chi connectivity index (χ4v) is 1.93. The van der Waals surface area contributed by atoms with E-state index in [0.29, 0.717) is 16.4 Å². The number of anilines is 3. The predicted octanol–water partition coefficient (Wildman–Crippen LogP) is 2.88. The topological polar surface area (TPSA) is 73.1 Å². The first-order valence-corrected chi connectivity index (χ1v) is 6.09. The summed E-state index contributed by atoms with van der Waals surface area (Å²) >= 11 is 3.27. The molecule has 0 aliphatic rings. The summed E-state index contributed by atoms with van der Waals surface area (Å²) in [5.41, 5.74) is 7.57. The van der Waals surface area contributed by atoms with E-state index in [0.717, 1.165) is 17.0 Å². The third kappa shape index (κ3) is 2.89. The van der Waals surface area contributed by atoms with Crippen LogP contribution in [0.5, 0.6) is 5.75 Å². The lowest BCUT2D eigenvalue weighted by atomic mass is 10.2. The van der Waals surface area contributed by atoms with Crippen molar-refractivity contribution in [3.8, 4) is 5.75 Å². The van der Waals surface area contributed by atoms with Gasteiger partial charge in [0.1, 0.15) is 16.2 Å². The van der Waals surface area contributed by atoms with Crippen LogP contribution in [-0.4, -0.2) is 17.1 Å². The van der Waals surface area contributed by atoms with Gasteiger partial charge in [0.25, 0.3) is 0 Å². The summed E-state index contributed by atoms with van der Waals surface area (Å²) in [6, 6.07) is 7.46. The monoisotopic (exact) mass is 308 g/mol. The van der Waals surface area contributed by atoms with Crippen LogP contribution in [0.3, 0.4) is 0 Å². The molecule has 0 spiro atoms. The van der Waals surface area contributed by atoms with Crippen LogP contribution in [0.15, 0.2) is 28.9 Å². The number of halogens is 1. The molecule has 1 aromatic heterocycles. The quantitative estimate of drug-likeness (QED) is 0.853. The van der Waals surface area contributed by atoms with Crippen molar-refractivity contribution in [1.82, 2.24) is 9.97 Å². The second-order valence-electron chi connectivity index (χ2n) is 3.77. The third-order valence-corrected chi connectivity index (χ3v) is 2.72. The normalized spacial score (nSPS) is 10.2. The molecule has 0 radical (unpaired) electrons. The van der Waals surface area contributed by atoms with E-state index in [1.165, 1.54) is 0 Å². The van der Waals surface area contributed by atoms with Crippen LogP contribution in [0.4, 0.5) is 17.5 Å². The average molecular weight is 309 g/mol. The Kier molecular flexibility index (Phi) is 3.66. The number of hydrogen-bond donors (Lipinski definition) is 2. The van der Waals surface area contributed by atoms with Crippen LogP contribution in [0.25, 0.3) is 0 Å². The van der Waals surface area contributed by atoms with E-state index in [1.54, 1.807) is 13.2 Å². The minimum atomic E-state index is 0.394. The summed E-state index contributed by atoms with van der Waals surface area (Å²) in [6.07, 6.45) is 0. The number of ether oxygens (including phenoxy) is 1. The van der Waals surface area contributed by atoms with Gasteiger partial charge in [0, 0.05) is 6.07 Å². The molecule has 0 aliphatic carbocycles. The van der Waals surface area contributed by atoms with Crippen LogP contribution in [0.1, 0.15) is 5.56 Å². The van der Waals surface area contributed by atoms with Crippen molar-refractivity contribution >= 4 is 33.4 Å². The molecular formula is C12H13BrN4O. The average Bonchev–Trinajstić information content (AvgIpc) is 2.27. The smallest absolute Gasteiger partial charge is 0.230 e. The number of nitrogen functional groups attached to an aromatic ring is 1. The molecule has 1 aromatic carbocycles. The molecule has 0 amide bonds. The van der Waals surface area contributed by atoms with Crippen LogP contribution in [0, 0.1) is 6.92 Å². The number of nitrogens with two attached hydrogens (primary N) is 1. The Morgan fingerprint density at radius 2 is 2.06 bits per heavy atom. The molecule has 5 nitrogen and oxygen atoms in total. The lowest BCUT2D eigenvalue weighted by Gasteiger charge is -2.11. The highest BCUT2D eigenvalue weighted by Crippen LogP contribution is 2.28. The van der Waals surface area contributed by atoms with Gasteiger partial charge in [-0.05, 0) is 40.5 Å². The van der Waals surface area contributed by atoms with Crippen LogP contribution >= 0.6 is 15.9 Å². The zero-order chi connectivity index (χ0) is 13.1. The fraction of sp³-hybridized carbons (Fsp3) is 0.167. The van der Waals surface area contributed by atoms with Gasteiger partial charge in [0.05, 0.1) is 12.8 Å². The van der Waals surface area contributed by atoms with Crippen LogP contribution in [0.2, 0.25) is 0 Å². The van der Waals surface area contributed by atoms with Crippen molar-refractivity contribution in [2.45, 2.75) is 6.92 Å². The molecule has 0 unspecified atom stereocenters. The number of aryl methyl sites for hydroxylation is 1. The maximum atomic E-state index is 5.66. The minimum absolute atomic E-state index is 0.394. The number of hydrogen-bond acceptors (Lipinski definition) is 5. The van der Waals surface area contributed by atoms with Crippen molar-refractivity contribution in [3.05, 3.63) is 34.4 Å². The molecule has 3 N–H and O–H groups in total. The van der Waals surface area contributed by atoms with Crippen LogP contribution in [-0.2, 0) is 0 Å². The van der Waals surface area contributed by atoms with Gasteiger partial charge in [0.15, 0.2) is 0 Å². The highest BCUT2D eigenvalue weighted by molar-refractivity contribution is 9.10. The Hall–Kier alpha value is -1.82. The largest absolute Gasteiger partial charge is 0.495 e. The van der Waals surface area contributed by atoms with E-state index in [1.807, 2.05) is 25.1 Å². The molecule has 0 saturated carbocycles. The number of nitrogens with one attached hydrogen (secondary N) is 1. The van der Waals surface area contributed by atoms with Gasteiger partial charge in [0.2, 0.25) is 5.95 Å². The van der Waals surface area contributed by atoms with E-state index in [9.17, 15) is 0 Å². The fourth-order valence-electron chi connectivity index (χ4n) is 1.53. The summed E-state index contributed by atoms with van der Waals surface area (Å²) in [4.78, 5) is 8.30. The molecule has 0 saturated heterocycles. The molecule has 94 valence electrons. The van der Waals surface area contributed by atoms with E-state index < -0.39 is 0 Å². The molecule has 1 heterocycles. The lowest BCUT2D eigenvalue weighted by Crippen LogP contribution is -2.02. The number of methoxy groups -OCH3 is 1. The molecule has 0 bridgehead atoms. The predicted molar refractivity (Wildman–Crippen MR) is 75.2 cm³/mol. The second kappa shape index (κ2) is 5.22. The summed E-state index contributed by atoms with van der Waals surface area (Å²) in [5, 5.41) is 3.09. The first kappa shape index (κ1) is 12.6. The van der Waals surface area contributed by atoms with Gasteiger partial charge < -0.3 is 15.8 Å². The first-order valence-electron chi connectivity index (χ1n) is 5.30. The number of rotatable bonds is 3. The maximum Gasteiger partial charge on any atom is 0.230 e. The summed E-state index contributed by atoms with van der Waals surface area (Å²) in [5.74, 6) is 1.54. The van der Waals surface area contributed by atoms with Gasteiger partial charge in [-0.15, -0.1) is 0 Å². The number of aromatic nitrogens is 2. The zero-order valence-corrected chi connectivity index (χ0v) is 11.7. The van der Waals surface area contributed by atoms with Crippen molar-refractivity contribution < 1.29 is 4.74 Å². The Morgan fingerprint density at radius 3 is 2.72 bits per heavy atom. The summed E-state index contributed by atoms with van der Waals surface area (Å²) in [7, 11) is 1.62. The van der Waals surface area contributed by atoms with Crippen LogP contribution < -0.4 is 15.8 Å². The molecule has 0 fully saturated rings. The van der Waals surface area contributed by atoms with Crippen molar-refractivity contribution in [1.29, 1.82) is 0 Å². The third-order valence-electron chi connectivity index (χ3n) is 2.32. The summed E-state index contributed by atoms with van der Waals surface area (Å²) in [6.45, 7) is 2.00. The molecule has 18 heavy (non-hydrogen) atoms.